The van der Waals surface area contributed by atoms with Gasteiger partial charge in [-0.25, -0.2) is 9.78 Å². The predicted octanol–water partition coefficient (Wildman–Crippen LogP) is 5.32. The summed E-state index contributed by atoms with van der Waals surface area (Å²) < 4.78 is 16.0. The number of methoxy groups -OCH3 is 2. The third-order valence-corrected chi connectivity index (χ3v) is 5.10. The second-order valence-corrected chi connectivity index (χ2v) is 7.03. The molecule has 1 aromatic heterocycles. The first-order valence-electron chi connectivity index (χ1n) is 10.0. The summed E-state index contributed by atoms with van der Waals surface area (Å²) in [6, 6.07) is 24.7. The number of hydrogen-bond donors (Lipinski definition) is 0. The summed E-state index contributed by atoms with van der Waals surface area (Å²) in [5.41, 5.74) is 3.94. The van der Waals surface area contributed by atoms with E-state index in [2.05, 4.69) is 0 Å². The molecule has 3 aromatic carbocycles. The van der Waals surface area contributed by atoms with Gasteiger partial charge in [-0.05, 0) is 54.1 Å². The lowest BCUT2D eigenvalue weighted by Gasteiger charge is -2.11. The molecule has 0 bridgehead atoms. The second kappa shape index (κ2) is 9.30. The van der Waals surface area contributed by atoms with Gasteiger partial charge in [0.05, 0.1) is 37.6 Å². The van der Waals surface area contributed by atoms with E-state index in [0.29, 0.717) is 24.3 Å². The third kappa shape index (κ3) is 4.67. The van der Waals surface area contributed by atoms with Crippen LogP contribution in [0.25, 0.3) is 22.2 Å². The van der Waals surface area contributed by atoms with E-state index in [1.54, 1.807) is 20.3 Å². The molecule has 0 radical (unpaired) electrons. The van der Waals surface area contributed by atoms with Crippen LogP contribution < -0.4 is 9.47 Å². The summed E-state index contributed by atoms with van der Waals surface area (Å²) in [5.74, 6) is 1.21. The first-order chi connectivity index (χ1) is 15.2. The van der Waals surface area contributed by atoms with Gasteiger partial charge in [0.15, 0.2) is 0 Å². The number of aromatic nitrogens is 1. The summed E-state index contributed by atoms with van der Waals surface area (Å²) in [5, 5.41) is 0.772. The molecule has 0 spiro atoms. The molecule has 156 valence electrons. The largest absolute Gasteiger partial charge is 0.497 e. The van der Waals surface area contributed by atoms with E-state index in [-0.39, 0.29) is 5.97 Å². The highest BCUT2D eigenvalue weighted by Gasteiger charge is 2.15. The van der Waals surface area contributed by atoms with Crippen molar-refractivity contribution in [1.82, 2.24) is 4.98 Å². The van der Waals surface area contributed by atoms with Gasteiger partial charge in [0, 0.05) is 17.4 Å². The minimum Gasteiger partial charge on any atom is -0.497 e. The number of nitrogens with zero attached hydrogens (tertiary/aromatic N) is 1. The highest BCUT2D eigenvalue weighted by atomic mass is 16.5. The zero-order valence-corrected chi connectivity index (χ0v) is 17.5. The zero-order valence-electron chi connectivity index (χ0n) is 17.5. The SMILES string of the molecule is COc1ccc(CCOC(=O)c2cc(-c3ccc(OC)cc3)nc3ccccc23)cc1. The average Bonchev–Trinajstić information content (AvgIpc) is 2.83. The molecular formula is C26H23NO4. The quantitative estimate of drug-likeness (QED) is 0.384. The van der Waals surface area contributed by atoms with Crippen LogP contribution >= 0.6 is 0 Å². The van der Waals surface area contributed by atoms with Crippen LogP contribution in [0.1, 0.15) is 15.9 Å². The van der Waals surface area contributed by atoms with Crippen LogP contribution in [0.15, 0.2) is 78.9 Å². The second-order valence-electron chi connectivity index (χ2n) is 7.03. The van der Waals surface area contributed by atoms with Crippen molar-refractivity contribution in [3.05, 3.63) is 90.0 Å². The predicted molar refractivity (Wildman–Crippen MR) is 121 cm³/mol. The van der Waals surface area contributed by atoms with Gasteiger partial charge < -0.3 is 14.2 Å². The van der Waals surface area contributed by atoms with E-state index in [1.807, 2.05) is 72.8 Å². The number of pyridine rings is 1. The van der Waals surface area contributed by atoms with Gasteiger partial charge in [-0.2, -0.15) is 0 Å². The van der Waals surface area contributed by atoms with E-state index in [0.717, 1.165) is 33.5 Å². The van der Waals surface area contributed by atoms with Crippen molar-refractivity contribution < 1.29 is 19.0 Å². The third-order valence-electron chi connectivity index (χ3n) is 5.10. The van der Waals surface area contributed by atoms with Crippen LogP contribution in [-0.2, 0) is 11.2 Å². The fourth-order valence-corrected chi connectivity index (χ4v) is 3.39. The average molecular weight is 413 g/mol. The number of benzene rings is 3. The zero-order chi connectivity index (χ0) is 21.6. The van der Waals surface area contributed by atoms with Gasteiger partial charge in [0.2, 0.25) is 0 Å². The lowest BCUT2D eigenvalue weighted by atomic mass is 10.0. The van der Waals surface area contributed by atoms with Gasteiger partial charge in [-0.1, -0.05) is 30.3 Å². The Balaban J connectivity index is 1.56. The molecule has 4 aromatic rings. The molecule has 0 saturated heterocycles. The Hall–Kier alpha value is -3.86. The molecule has 0 N–H and O–H groups in total. The van der Waals surface area contributed by atoms with Crippen LogP contribution in [0.3, 0.4) is 0 Å². The summed E-state index contributed by atoms with van der Waals surface area (Å²) in [6.45, 7) is 0.291. The number of para-hydroxylation sites is 1. The number of hydrogen-bond acceptors (Lipinski definition) is 5. The molecule has 5 heteroatoms. The number of esters is 1. The molecule has 0 amide bonds. The minimum absolute atomic E-state index is 0.291. The van der Waals surface area contributed by atoms with Crippen LogP contribution in [0.2, 0.25) is 0 Å². The van der Waals surface area contributed by atoms with Gasteiger partial charge >= 0.3 is 5.97 Å². The molecule has 0 aliphatic rings. The minimum atomic E-state index is -0.359. The lowest BCUT2D eigenvalue weighted by molar-refractivity contribution is 0.0511. The fraction of sp³-hybridized carbons (Fsp3) is 0.154. The number of rotatable bonds is 7. The number of fused-ring (bicyclic) bond motifs is 1. The first kappa shape index (κ1) is 20.4. The van der Waals surface area contributed by atoms with E-state index < -0.39 is 0 Å². The smallest absolute Gasteiger partial charge is 0.338 e. The van der Waals surface area contributed by atoms with E-state index in [9.17, 15) is 4.79 Å². The monoisotopic (exact) mass is 413 g/mol. The first-order valence-corrected chi connectivity index (χ1v) is 10.0. The standard InChI is InChI=1S/C26H23NO4/c1-29-20-11-7-18(8-12-20)15-16-31-26(28)23-17-25(19-9-13-21(30-2)14-10-19)27-24-6-4-3-5-22(23)24/h3-14,17H,15-16H2,1-2H3. The van der Waals surface area contributed by atoms with Crippen LogP contribution in [0.5, 0.6) is 11.5 Å². The number of ether oxygens (including phenoxy) is 3. The topological polar surface area (TPSA) is 57.7 Å². The lowest BCUT2D eigenvalue weighted by Crippen LogP contribution is -2.09. The van der Waals surface area contributed by atoms with Gasteiger partial charge in [0.1, 0.15) is 11.5 Å². The number of carbonyl (C=O) groups excluding carboxylic acids is 1. The van der Waals surface area contributed by atoms with Crippen molar-refractivity contribution in [2.75, 3.05) is 20.8 Å². The molecule has 4 rings (SSSR count). The van der Waals surface area contributed by atoms with E-state index in [1.165, 1.54) is 0 Å². The van der Waals surface area contributed by atoms with Crippen molar-refractivity contribution in [2.24, 2.45) is 0 Å². The van der Waals surface area contributed by atoms with Crippen molar-refractivity contribution in [3.8, 4) is 22.8 Å². The summed E-state index contributed by atoms with van der Waals surface area (Å²) in [7, 11) is 3.26. The van der Waals surface area contributed by atoms with Crippen molar-refractivity contribution in [1.29, 1.82) is 0 Å². The van der Waals surface area contributed by atoms with E-state index in [4.69, 9.17) is 19.2 Å². The van der Waals surface area contributed by atoms with Crippen molar-refractivity contribution >= 4 is 16.9 Å². The molecule has 0 fully saturated rings. The molecule has 0 unspecified atom stereocenters. The maximum Gasteiger partial charge on any atom is 0.338 e. The molecule has 0 aliphatic carbocycles. The Morgan fingerprint density at radius 3 is 2.16 bits per heavy atom. The Morgan fingerprint density at radius 1 is 0.839 bits per heavy atom. The van der Waals surface area contributed by atoms with Gasteiger partial charge in [0.25, 0.3) is 0 Å². The maximum atomic E-state index is 12.9. The van der Waals surface area contributed by atoms with Gasteiger partial charge in [-0.15, -0.1) is 0 Å². The molecule has 31 heavy (non-hydrogen) atoms. The Bertz CT molecular complexity index is 1180. The summed E-state index contributed by atoms with van der Waals surface area (Å²) in [4.78, 5) is 17.7. The van der Waals surface area contributed by atoms with Crippen LogP contribution in [0.4, 0.5) is 0 Å². The highest BCUT2D eigenvalue weighted by Crippen LogP contribution is 2.27. The number of carbonyl (C=O) groups is 1. The van der Waals surface area contributed by atoms with Crippen LogP contribution in [-0.4, -0.2) is 31.8 Å². The summed E-state index contributed by atoms with van der Waals surface area (Å²) >= 11 is 0. The van der Waals surface area contributed by atoms with Crippen molar-refractivity contribution in [3.63, 3.8) is 0 Å². The highest BCUT2D eigenvalue weighted by molar-refractivity contribution is 6.04. The Kier molecular flexibility index (Phi) is 6.13. The molecule has 5 nitrogen and oxygen atoms in total. The molecule has 0 aliphatic heterocycles. The maximum absolute atomic E-state index is 12.9. The Morgan fingerprint density at radius 2 is 1.48 bits per heavy atom. The molecular weight excluding hydrogens is 390 g/mol. The molecule has 0 saturated carbocycles. The van der Waals surface area contributed by atoms with E-state index >= 15 is 0 Å². The fourth-order valence-electron chi connectivity index (χ4n) is 3.39. The van der Waals surface area contributed by atoms with Crippen molar-refractivity contribution in [2.45, 2.75) is 6.42 Å². The molecule has 1 heterocycles. The Labute approximate surface area is 181 Å². The molecule has 0 atom stereocenters. The van der Waals surface area contributed by atoms with Gasteiger partial charge in [-0.3, -0.25) is 0 Å². The normalized spacial score (nSPS) is 10.6. The summed E-state index contributed by atoms with van der Waals surface area (Å²) in [6.07, 6.45) is 0.629. The van der Waals surface area contributed by atoms with Crippen LogP contribution in [0, 0.1) is 0 Å².